The highest BCUT2D eigenvalue weighted by Crippen LogP contribution is 2.26. The standard InChI is InChI=1S/C10H8Cl2N4/c11-6-3-1-2-4-8(6)15-9-7(13)5-14-10(12)16-9/h1-5H,13H2,(H,14,15,16). The first kappa shape index (κ1) is 11.0. The second-order valence-corrected chi connectivity index (χ2v) is 3.79. The van der Waals surface area contributed by atoms with Gasteiger partial charge in [0, 0.05) is 0 Å². The van der Waals surface area contributed by atoms with Gasteiger partial charge in [0.1, 0.15) is 0 Å². The van der Waals surface area contributed by atoms with E-state index in [1.54, 1.807) is 6.07 Å². The van der Waals surface area contributed by atoms with Crippen LogP contribution in [-0.4, -0.2) is 9.97 Å². The van der Waals surface area contributed by atoms with Crippen LogP contribution in [0.5, 0.6) is 0 Å². The first-order valence-electron chi connectivity index (χ1n) is 4.46. The summed E-state index contributed by atoms with van der Waals surface area (Å²) in [6.45, 7) is 0. The molecule has 2 rings (SSSR count). The number of anilines is 3. The Hall–Kier alpha value is -1.52. The van der Waals surface area contributed by atoms with Crippen LogP contribution in [0.25, 0.3) is 0 Å². The molecule has 0 amide bonds. The molecule has 0 bridgehead atoms. The van der Waals surface area contributed by atoms with Crippen LogP contribution in [0.3, 0.4) is 0 Å². The largest absolute Gasteiger partial charge is 0.394 e. The number of nitrogens with one attached hydrogen (secondary N) is 1. The topological polar surface area (TPSA) is 63.8 Å². The lowest BCUT2D eigenvalue weighted by Gasteiger charge is -2.09. The Morgan fingerprint density at radius 2 is 1.94 bits per heavy atom. The number of benzene rings is 1. The van der Waals surface area contributed by atoms with Gasteiger partial charge in [-0.15, -0.1) is 0 Å². The average Bonchev–Trinajstić information content (AvgIpc) is 2.27. The van der Waals surface area contributed by atoms with E-state index in [0.717, 1.165) is 0 Å². The molecule has 0 spiro atoms. The number of hydrogen-bond donors (Lipinski definition) is 2. The number of para-hydroxylation sites is 1. The summed E-state index contributed by atoms with van der Waals surface area (Å²) in [5.74, 6) is 0.438. The van der Waals surface area contributed by atoms with Crippen molar-refractivity contribution in [3.63, 3.8) is 0 Å². The highest BCUT2D eigenvalue weighted by Gasteiger charge is 2.05. The molecule has 0 aliphatic rings. The Labute approximate surface area is 102 Å². The van der Waals surface area contributed by atoms with Crippen LogP contribution >= 0.6 is 23.2 Å². The van der Waals surface area contributed by atoms with Gasteiger partial charge >= 0.3 is 0 Å². The fraction of sp³-hybridized carbons (Fsp3) is 0. The van der Waals surface area contributed by atoms with E-state index in [9.17, 15) is 0 Å². The summed E-state index contributed by atoms with van der Waals surface area (Å²) in [6, 6.07) is 7.28. The van der Waals surface area contributed by atoms with Gasteiger partial charge in [0.25, 0.3) is 0 Å². The van der Waals surface area contributed by atoms with Crippen molar-refractivity contribution in [2.24, 2.45) is 0 Å². The molecule has 16 heavy (non-hydrogen) atoms. The molecule has 0 saturated carbocycles. The average molecular weight is 255 g/mol. The molecule has 1 heterocycles. The minimum absolute atomic E-state index is 0.128. The second-order valence-electron chi connectivity index (χ2n) is 3.05. The highest BCUT2D eigenvalue weighted by molar-refractivity contribution is 6.33. The highest BCUT2D eigenvalue weighted by atomic mass is 35.5. The van der Waals surface area contributed by atoms with Gasteiger partial charge in [-0.25, -0.2) is 4.98 Å². The molecule has 0 aliphatic carbocycles. The normalized spacial score (nSPS) is 10.1. The molecule has 0 fully saturated rings. The Morgan fingerprint density at radius 3 is 2.69 bits per heavy atom. The van der Waals surface area contributed by atoms with Gasteiger partial charge in [0.15, 0.2) is 5.82 Å². The first-order chi connectivity index (χ1) is 7.66. The molecule has 1 aromatic carbocycles. The SMILES string of the molecule is Nc1cnc(Cl)nc1Nc1ccccc1Cl. The monoisotopic (exact) mass is 254 g/mol. The molecule has 82 valence electrons. The fourth-order valence-corrected chi connectivity index (χ4v) is 1.48. The van der Waals surface area contributed by atoms with E-state index in [1.807, 2.05) is 18.2 Å². The predicted octanol–water partition coefficient (Wildman–Crippen LogP) is 3.11. The Morgan fingerprint density at radius 1 is 1.19 bits per heavy atom. The number of hydrogen-bond acceptors (Lipinski definition) is 4. The van der Waals surface area contributed by atoms with Gasteiger partial charge < -0.3 is 11.1 Å². The molecular weight excluding hydrogens is 247 g/mol. The Bertz CT molecular complexity index is 516. The van der Waals surface area contributed by atoms with Crippen molar-refractivity contribution >= 4 is 40.4 Å². The number of halogens is 2. The van der Waals surface area contributed by atoms with Gasteiger partial charge in [-0.3, -0.25) is 0 Å². The summed E-state index contributed by atoms with van der Waals surface area (Å²) >= 11 is 11.7. The van der Waals surface area contributed by atoms with E-state index in [4.69, 9.17) is 28.9 Å². The van der Waals surface area contributed by atoms with E-state index in [0.29, 0.717) is 22.2 Å². The van der Waals surface area contributed by atoms with Crippen LogP contribution < -0.4 is 11.1 Å². The smallest absolute Gasteiger partial charge is 0.224 e. The minimum Gasteiger partial charge on any atom is -0.394 e. The van der Waals surface area contributed by atoms with Gasteiger partial charge in [-0.05, 0) is 23.7 Å². The van der Waals surface area contributed by atoms with Crippen LogP contribution in [0.1, 0.15) is 0 Å². The van der Waals surface area contributed by atoms with Crippen molar-refractivity contribution in [3.8, 4) is 0 Å². The van der Waals surface area contributed by atoms with Crippen molar-refractivity contribution in [3.05, 3.63) is 40.8 Å². The lowest BCUT2D eigenvalue weighted by atomic mass is 10.3. The third-order valence-electron chi connectivity index (χ3n) is 1.91. The third-order valence-corrected chi connectivity index (χ3v) is 2.43. The zero-order chi connectivity index (χ0) is 11.5. The van der Waals surface area contributed by atoms with Crippen LogP contribution in [0.4, 0.5) is 17.2 Å². The lowest BCUT2D eigenvalue weighted by molar-refractivity contribution is 1.17. The molecule has 1 aromatic heterocycles. The number of nitrogen functional groups attached to an aromatic ring is 1. The molecule has 6 heteroatoms. The van der Waals surface area contributed by atoms with Crippen LogP contribution in [0.15, 0.2) is 30.5 Å². The summed E-state index contributed by atoms with van der Waals surface area (Å²) in [7, 11) is 0. The molecule has 4 nitrogen and oxygen atoms in total. The molecule has 0 unspecified atom stereocenters. The predicted molar refractivity (Wildman–Crippen MR) is 66.2 cm³/mol. The van der Waals surface area contributed by atoms with Gasteiger partial charge in [0.05, 0.1) is 22.6 Å². The maximum atomic E-state index is 5.99. The van der Waals surface area contributed by atoms with Crippen molar-refractivity contribution in [1.82, 2.24) is 9.97 Å². The van der Waals surface area contributed by atoms with Crippen LogP contribution in [-0.2, 0) is 0 Å². The Kier molecular flexibility index (Phi) is 3.12. The van der Waals surface area contributed by atoms with Gasteiger partial charge in [0.2, 0.25) is 5.28 Å². The lowest BCUT2D eigenvalue weighted by Crippen LogP contribution is -2.00. The third kappa shape index (κ3) is 2.35. The van der Waals surface area contributed by atoms with E-state index >= 15 is 0 Å². The van der Waals surface area contributed by atoms with Crippen molar-refractivity contribution in [1.29, 1.82) is 0 Å². The van der Waals surface area contributed by atoms with Gasteiger partial charge in [-0.2, -0.15) is 4.98 Å². The molecule has 2 aromatic rings. The van der Waals surface area contributed by atoms with E-state index in [-0.39, 0.29) is 5.28 Å². The van der Waals surface area contributed by atoms with Crippen molar-refractivity contribution in [2.75, 3.05) is 11.1 Å². The zero-order valence-corrected chi connectivity index (χ0v) is 9.63. The molecule has 3 N–H and O–H groups in total. The number of rotatable bonds is 2. The summed E-state index contributed by atoms with van der Waals surface area (Å²) < 4.78 is 0. The molecule has 0 aliphatic heterocycles. The fourth-order valence-electron chi connectivity index (χ4n) is 1.16. The second kappa shape index (κ2) is 4.55. The van der Waals surface area contributed by atoms with Crippen LogP contribution in [0.2, 0.25) is 10.3 Å². The maximum absolute atomic E-state index is 5.99. The number of nitrogens with zero attached hydrogens (tertiary/aromatic N) is 2. The van der Waals surface area contributed by atoms with Crippen molar-refractivity contribution < 1.29 is 0 Å². The molecule has 0 saturated heterocycles. The van der Waals surface area contributed by atoms with Gasteiger partial charge in [-0.1, -0.05) is 23.7 Å². The zero-order valence-electron chi connectivity index (χ0n) is 8.11. The Balaban J connectivity index is 2.34. The van der Waals surface area contributed by atoms with E-state index < -0.39 is 0 Å². The molecule has 0 atom stereocenters. The summed E-state index contributed by atoms with van der Waals surface area (Å²) in [6.07, 6.45) is 1.44. The number of nitrogens with two attached hydrogens (primary N) is 1. The number of aromatic nitrogens is 2. The first-order valence-corrected chi connectivity index (χ1v) is 5.22. The van der Waals surface area contributed by atoms with E-state index in [2.05, 4.69) is 15.3 Å². The summed E-state index contributed by atoms with van der Waals surface area (Å²) in [5, 5.41) is 3.70. The molecule has 0 radical (unpaired) electrons. The molecular formula is C10H8Cl2N4. The maximum Gasteiger partial charge on any atom is 0.224 e. The quantitative estimate of drug-likeness (QED) is 0.809. The summed E-state index contributed by atoms with van der Waals surface area (Å²) in [4.78, 5) is 7.73. The van der Waals surface area contributed by atoms with Crippen molar-refractivity contribution in [2.45, 2.75) is 0 Å². The van der Waals surface area contributed by atoms with Crippen LogP contribution in [0, 0.1) is 0 Å². The summed E-state index contributed by atoms with van der Waals surface area (Å²) in [5.41, 5.74) is 6.82. The van der Waals surface area contributed by atoms with E-state index in [1.165, 1.54) is 6.20 Å². The minimum atomic E-state index is 0.128.